The first-order valence-corrected chi connectivity index (χ1v) is 8.79. The van der Waals surface area contributed by atoms with E-state index >= 15 is 0 Å². The second kappa shape index (κ2) is 7.72. The summed E-state index contributed by atoms with van der Waals surface area (Å²) >= 11 is 0. The number of pyridine rings is 1. The molecule has 0 atom stereocenters. The number of aromatic carboxylic acids is 1. The van der Waals surface area contributed by atoms with Gasteiger partial charge in [-0.25, -0.2) is 9.48 Å². The lowest BCUT2D eigenvalue weighted by Crippen LogP contribution is -1.96. The van der Waals surface area contributed by atoms with Crippen LogP contribution < -0.4 is 0 Å². The number of benzene rings is 2. The van der Waals surface area contributed by atoms with E-state index in [1.165, 1.54) is 12.3 Å². The lowest BCUT2D eigenvalue weighted by atomic mass is 10.1. The molecule has 136 valence electrons. The second-order valence-corrected chi connectivity index (χ2v) is 6.19. The van der Waals surface area contributed by atoms with E-state index in [1.807, 2.05) is 77.6 Å². The van der Waals surface area contributed by atoms with Crippen LogP contribution in [0.25, 0.3) is 29.1 Å². The number of carboxylic acids is 1. The molecule has 1 N–H and O–H groups in total. The van der Waals surface area contributed by atoms with Gasteiger partial charge in [0.05, 0.1) is 22.6 Å². The fourth-order valence-corrected chi connectivity index (χ4v) is 2.89. The van der Waals surface area contributed by atoms with Crippen molar-refractivity contribution < 1.29 is 9.90 Å². The minimum Gasteiger partial charge on any atom is -0.478 e. The molecule has 4 rings (SSSR count). The number of rotatable bonds is 5. The summed E-state index contributed by atoms with van der Waals surface area (Å²) in [5.74, 6) is -0.973. The van der Waals surface area contributed by atoms with Crippen molar-refractivity contribution in [3.63, 3.8) is 0 Å². The molecular formula is C23H17N3O2. The van der Waals surface area contributed by atoms with Gasteiger partial charge < -0.3 is 5.11 Å². The largest absolute Gasteiger partial charge is 0.478 e. The highest BCUT2D eigenvalue weighted by molar-refractivity contribution is 5.88. The molecule has 2 aromatic heterocycles. The van der Waals surface area contributed by atoms with Crippen LogP contribution in [0.1, 0.15) is 21.6 Å². The van der Waals surface area contributed by atoms with E-state index in [1.54, 1.807) is 12.1 Å². The molecule has 0 bridgehead atoms. The highest BCUT2D eigenvalue weighted by atomic mass is 16.4. The van der Waals surface area contributed by atoms with Crippen molar-refractivity contribution in [2.45, 2.75) is 0 Å². The first kappa shape index (κ1) is 17.4. The Morgan fingerprint density at radius 1 is 0.929 bits per heavy atom. The first-order chi connectivity index (χ1) is 13.7. The Balaban J connectivity index is 1.76. The van der Waals surface area contributed by atoms with Crippen molar-refractivity contribution in [2.75, 3.05) is 0 Å². The van der Waals surface area contributed by atoms with Gasteiger partial charge in [-0.1, -0.05) is 48.5 Å². The van der Waals surface area contributed by atoms with Crippen LogP contribution >= 0.6 is 0 Å². The zero-order valence-electron chi connectivity index (χ0n) is 14.9. The molecule has 28 heavy (non-hydrogen) atoms. The fourth-order valence-electron chi connectivity index (χ4n) is 2.89. The van der Waals surface area contributed by atoms with Gasteiger partial charge in [0, 0.05) is 23.5 Å². The van der Waals surface area contributed by atoms with Crippen LogP contribution in [0.15, 0.2) is 85.2 Å². The van der Waals surface area contributed by atoms with E-state index in [4.69, 9.17) is 10.2 Å². The Kier molecular flexibility index (Phi) is 4.80. The third-order valence-corrected chi connectivity index (χ3v) is 4.27. The lowest BCUT2D eigenvalue weighted by Gasteiger charge is -2.00. The van der Waals surface area contributed by atoms with Crippen LogP contribution in [0.5, 0.6) is 0 Å². The van der Waals surface area contributed by atoms with E-state index in [-0.39, 0.29) is 5.56 Å². The van der Waals surface area contributed by atoms with Crippen molar-refractivity contribution in [1.82, 2.24) is 14.8 Å². The van der Waals surface area contributed by atoms with Crippen LogP contribution in [0.3, 0.4) is 0 Å². The monoisotopic (exact) mass is 367 g/mol. The smallest absolute Gasteiger partial charge is 0.335 e. The lowest BCUT2D eigenvalue weighted by molar-refractivity contribution is 0.0696. The average molecular weight is 367 g/mol. The third kappa shape index (κ3) is 3.73. The molecule has 0 saturated carbocycles. The summed E-state index contributed by atoms with van der Waals surface area (Å²) in [5.41, 5.74) is 4.51. The third-order valence-electron chi connectivity index (χ3n) is 4.27. The summed E-state index contributed by atoms with van der Waals surface area (Å²) in [5, 5.41) is 13.9. The molecule has 0 radical (unpaired) electrons. The standard InChI is InChI=1S/C23H17N3O2/c27-23(28)18-13-14-24-20(15-18)12-11-19-16-26(21-9-5-2-6-10-21)25-22(19)17-7-3-1-4-8-17/h1-16H,(H,27,28). The summed E-state index contributed by atoms with van der Waals surface area (Å²) in [6.45, 7) is 0. The molecule has 0 aliphatic carbocycles. The van der Waals surface area contributed by atoms with Gasteiger partial charge >= 0.3 is 5.97 Å². The molecule has 2 heterocycles. The van der Waals surface area contributed by atoms with Gasteiger partial charge in [0.15, 0.2) is 0 Å². The van der Waals surface area contributed by atoms with Gasteiger partial charge in [0.1, 0.15) is 0 Å². The zero-order chi connectivity index (χ0) is 19.3. The van der Waals surface area contributed by atoms with Crippen LogP contribution in [0, 0.1) is 0 Å². The maximum absolute atomic E-state index is 11.2. The highest BCUT2D eigenvalue weighted by Crippen LogP contribution is 2.25. The maximum Gasteiger partial charge on any atom is 0.335 e. The Morgan fingerprint density at radius 3 is 2.36 bits per heavy atom. The summed E-state index contributed by atoms with van der Waals surface area (Å²) in [4.78, 5) is 15.4. The quantitative estimate of drug-likeness (QED) is 0.550. The van der Waals surface area contributed by atoms with Gasteiger partial charge in [0.2, 0.25) is 0 Å². The molecule has 5 nitrogen and oxygen atoms in total. The topological polar surface area (TPSA) is 68.0 Å². The summed E-state index contributed by atoms with van der Waals surface area (Å²) in [7, 11) is 0. The number of nitrogens with zero attached hydrogens (tertiary/aromatic N) is 3. The van der Waals surface area contributed by atoms with E-state index in [0.29, 0.717) is 5.69 Å². The average Bonchev–Trinajstić information content (AvgIpc) is 3.18. The number of hydrogen-bond acceptors (Lipinski definition) is 3. The molecule has 0 unspecified atom stereocenters. The Hall–Kier alpha value is -3.99. The first-order valence-electron chi connectivity index (χ1n) is 8.79. The minimum absolute atomic E-state index is 0.206. The van der Waals surface area contributed by atoms with Crippen molar-refractivity contribution >= 4 is 18.1 Å². The minimum atomic E-state index is -0.973. The summed E-state index contributed by atoms with van der Waals surface area (Å²) < 4.78 is 1.84. The number of carboxylic acid groups (broad SMARTS) is 1. The molecule has 4 aromatic rings. The molecule has 0 amide bonds. The van der Waals surface area contributed by atoms with E-state index < -0.39 is 5.97 Å². The van der Waals surface area contributed by atoms with E-state index in [9.17, 15) is 4.79 Å². The highest BCUT2D eigenvalue weighted by Gasteiger charge is 2.10. The van der Waals surface area contributed by atoms with Gasteiger partial charge in [0.25, 0.3) is 0 Å². The molecule has 5 heteroatoms. The summed E-state index contributed by atoms with van der Waals surface area (Å²) in [6, 6.07) is 22.8. The fraction of sp³-hybridized carbons (Fsp3) is 0. The Bertz CT molecular complexity index is 1130. The molecule has 0 spiro atoms. The maximum atomic E-state index is 11.2. The van der Waals surface area contributed by atoms with Crippen molar-refractivity contribution in [3.05, 3.63) is 102 Å². The van der Waals surface area contributed by atoms with Crippen LogP contribution in [-0.4, -0.2) is 25.8 Å². The second-order valence-electron chi connectivity index (χ2n) is 6.19. The van der Waals surface area contributed by atoms with Gasteiger partial charge in [-0.3, -0.25) is 4.98 Å². The Morgan fingerprint density at radius 2 is 1.64 bits per heavy atom. The van der Waals surface area contributed by atoms with Crippen LogP contribution in [0.2, 0.25) is 0 Å². The predicted molar refractivity (Wildman–Crippen MR) is 109 cm³/mol. The summed E-state index contributed by atoms with van der Waals surface area (Å²) in [6.07, 6.45) is 7.15. The van der Waals surface area contributed by atoms with E-state index in [2.05, 4.69) is 4.98 Å². The zero-order valence-corrected chi connectivity index (χ0v) is 14.9. The van der Waals surface area contributed by atoms with Crippen LogP contribution in [-0.2, 0) is 0 Å². The van der Waals surface area contributed by atoms with Gasteiger partial charge in [-0.2, -0.15) is 5.10 Å². The number of para-hydroxylation sites is 1. The molecule has 0 fully saturated rings. The van der Waals surface area contributed by atoms with Crippen molar-refractivity contribution in [1.29, 1.82) is 0 Å². The Labute approximate surface area is 162 Å². The van der Waals surface area contributed by atoms with E-state index in [0.717, 1.165) is 22.5 Å². The van der Waals surface area contributed by atoms with Gasteiger partial charge in [-0.05, 0) is 36.4 Å². The molecular weight excluding hydrogens is 350 g/mol. The molecule has 2 aromatic carbocycles. The number of hydrogen-bond donors (Lipinski definition) is 1. The van der Waals surface area contributed by atoms with Crippen LogP contribution in [0.4, 0.5) is 0 Å². The normalized spacial score (nSPS) is 11.0. The number of aromatic nitrogens is 3. The molecule has 0 saturated heterocycles. The number of carbonyl (C=O) groups is 1. The van der Waals surface area contributed by atoms with Crippen molar-refractivity contribution in [3.8, 4) is 16.9 Å². The van der Waals surface area contributed by atoms with Gasteiger partial charge in [-0.15, -0.1) is 0 Å². The molecule has 0 aliphatic rings. The molecule has 0 aliphatic heterocycles. The SMILES string of the molecule is O=C(O)c1ccnc(C=Cc2cn(-c3ccccc3)nc2-c2ccccc2)c1. The predicted octanol–water partition coefficient (Wildman–Crippen LogP) is 4.80. The van der Waals surface area contributed by atoms with Crippen molar-refractivity contribution in [2.24, 2.45) is 0 Å².